The maximum absolute atomic E-state index is 6.22. The second kappa shape index (κ2) is 15.0. The molecule has 2 nitrogen and oxygen atoms in total. The van der Waals surface area contributed by atoms with Crippen molar-refractivity contribution in [2.75, 3.05) is 6.61 Å². The highest BCUT2D eigenvalue weighted by Gasteiger charge is 2.11. The lowest BCUT2D eigenvalue weighted by molar-refractivity contribution is 0.305. The van der Waals surface area contributed by atoms with E-state index >= 15 is 0 Å². The maximum Gasteiger partial charge on any atom is 0.127 e. The van der Waals surface area contributed by atoms with Crippen LogP contribution in [0.1, 0.15) is 97.0 Å². The number of benzene rings is 1. The summed E-state index contributed by atoms with van der Waals surface area (Å²) in [6.45, 7) is 7.74. The summed E-state index contributed by atoms with van der Waals surface area (Å²) in [7, 11) is 0. The van der Waals surface area contributed by atoms with Crippen LogP contribution in [0.5, 0.6) is 5.75 Å². The normalized spacial score (nSPS) is 12.1. The van der Waals surface area contributed by atoms with E-state index in [1.54, 1.807) is 0 Å². The van der Waals surface area contributed by atoms with Crippen LogP contribution in [0.2, 0.25) is 0 Å². The number of hydrogen-bond donors (Lipinski definition) is 0. The number of unbranched alkanes of at least 4 members (excludes halogenated alkanes) is 6. The topological polar surface area (TPSA) is 22.1 Å². The lowest BCUT2D eigenvalue weighted by Gasteiger charge is -2.15. The first kappa shape index (κ1) is 24.4. The Morgan fingerprint density at radius 1 is 0.800 bits per heavy atom. The summed E-state index contributed by atoms with van der Waals surface area (Å²) in [5.74, 6) is 1.83. The quantitative estimate of drug-likeness (QED) is 0.259. The Hall–Kier alpha value is -1.83. The largest absolute Gasteiger partial charge is 0.493 e. The zero-order valence-electron chi connectivity index (χ0n) is 19.7. The van der Waals surface area contributed by atoms with E-state index in [0.717, 1.165) is 31.1 Å². The van der Waals surface area contributed by atoms with Crippen LogP contribution in [0.4, 0.5) is 0 Å². The Morgan fingerprint density at radius 2 is 1.53 bits per heavy atom. The number of nitrogens with zero attached hydrogens (tertiary/aromatic N) is 1. The van der Waals surface area contributed by atoms with Gasteiger partial charge < -0.3 is 4.74 Å². The highest BCUT2D eigenvalue weighted by molar-refractivity contribution is 5.72. The summed E-state index contributed by atoms with van der Waals surface area (Å²) >= 11 is 0. The van der Waals surface area contributed by atoms with Gasteiger partial charge in [-0.15, -0.1) is 0 Å². The average molecular weight is 410 g/mol. The predicted molar refractivity (Wildman–Crippen MR) is 130 cm³/mol. The third kappa shape index (κ3) is 8.90. The summed E-state index contributed by atoms with van der Waals surface area (Å²) < 4.78 is 6.22. The highest BCUT2D eigenvalue weighted by atomic mass is 16.5. The SMILES string of the molecule is CCCCCCCCOc1ccccc1-c1ccncc1CCCC(C)CCCC. The van der Waals surface area contributed by atoms with Crippen molar-refractivity contribution in [2.24, 2.45) is 5.92 Å². The van der Waals surface area contributed by atoms with Gasteiger partial charge in [0, 0.05) is 18.0 Å². The van der Waals surface area contributed by atoms with Gasteiger partial charge in [-0.3, -0.25) is 4.98 Å². The van der Waals surface area contributed by atoms with Gasteiger partial charge in [-0.05, 0) is 48.4 Å². The molecule has 0 fully saturated rings. The van der Waals surface area contributed by atoms with E-state index in [2.05, 4.69) is 62.3 Å². The van der Waals surface area contributed by atoms with Crippen molar-refractivity contribution in [3.8, 4) is 16.9 Å². The van der Waals surface area contributed by atoms with Crippen molar-refractivity contribution < 1.29 is 4.74 Å². The van der Waals surface area contributed by atoms with Crippen LogP contribution in [0.3, 0.4) is 0 Å². The van der Waals surface area contributed by atoms with Crippen LogP contribution < -0.4 is 4.74 Å². The minimum absolute atomic E-state index is 0.804. The van der Waals surface area contributed by atoms with E-state index in [1.807, 2.05) is 6.20 Å². The number of hydrogen-bond acceptors (Lipinski definition) is 2. The lowest BCUT2D eigenvalue weighted by Crippen LogP contribution is -2.01. The average Bonchev–Trinajstić information content (AvgIpc) is 2.78. The molecule has 1 aromatic carbocycles. The number of para-hydroxylation sites is 1. The van der Waals surface area contributed by atoms with Crippen LogP contribution >= 0.6 is 0 Å². The third-order valence-electron chi connectivity index (χ3n) is 6.03. The Morgan fingerprint density at radius 3 is 2.37 bits per heavy atom. The minimum Gasteiger partial charge on any atom is -0.493 e. The molecule has 30 heavy (non-hydrogen) atoms. The summed E-state index contributed by atoms with van der Waals surface area (Å²) in [5, 5.41) is 0. The Kier molecular flexibility index (Phi) is 12.3. The molecule has 1 atom stereocenters. The smallest absolute Gasteiger partial charge is 0.127 e. The summed E-state index contributed by atoms with van der Waals surface area (Å²) in [4.78, 5) is 4.42. The Bertz CT molecular complexity index is 697. The first-order valence-electron chi connectivity index (χ1n) is 12.4. The second-order valence-electron chi connectivity index (χ2n) is 8.78. The zero-order valence-corrected chi connectivity index (χ0v) is 19.7. The van der Waals surface area contributed by atoms with Crippen molar-refractivity contribution in [3.05, 3.63) is 48.3 Å². The van der Waals surface area contributed by atoms with Gasteiger partial charge in [-0.2, -0.15) is 0 Å². The number of pyridine rings is 1. The summed E-state index contributed by atoms with van der Waals surface area (Å²) in [5.41, 5.74) is 3.83. The fourth-order valence-electron chi connectivity index (χ4n) is 4.11. The highest BCUT2D eigenvalue weighted by Crippen LogP contribution is 2.33. The molecule has 0 spiro atoms. The van der Waals surface area contributed by atoms with E-state index in [9.17, 15) is 0 Å². The lowest BCUT2D eigenvalue weighted by atomic mass is 9.93. The van der Waals surface area contributed by atoms with Crippen molar-refractivity contribution in [1.82, 2.24) is 4.98 Å². The number of aryl methyl sites for hydroxylation is 1. The van der Waals surface area contributed by atoms with Crippen LogP contribution in [-0.4, -0.2) is 11.6 Å². The number of rotatable bonds is 16. The number of ether oxygens (including phenoxy) is 1. The van der Waals surface area contributed by atoms with Gasteiger partial charge in [0.25, 0.3) is 0 Å². The zero-order chi connectivity index (χ0) is 21.4. The molecule has 1 aromatic heterocycles. The van der Waals surface area contributed by atoms with E-state index < -0.39 is 0 Å². The molecule has 0 aliphatic rings. The molecule has 1 unspecified atom stereocenters. The molecular weight excluding hydrogens is 366 g/mol. The third-order valence-corrected chi connectivity index (χ3v) is 6.03. The van der Waals surface area contributed by atoms with Crippen LogP contribution in [0.15, 0.2) is 42.7 Å². The van der Waals surface area contributed by atoms with Gasteiger partial charge in [0.2, 0.25) is 0 Å². The molecular formula is C28H43NO. The van der Waals surface area contributed by atoms with Gasteiger partial charge >= 0.3 is 0 Å². The molecule has 2 aromatic rings. The molecule has 2 heteroatoms. The van der Waals surface area contributed by atoms with E-state index in [-0.39, 0.29) is 0 Å². The molecule has 0 bridgehead atoms. The predicted octanol–water partition coefficient (Wildman–Crippen LogP) is 8.64. The molecule has 166 valence electrons. The van der Waals surface area contributed by atoms with Crippen molar-refractivity contribution in [1.29, 1.82) is 0 Å². The van der Waals surface area contributed by atoms with Crippen molar-refractivity contribution >= 4 is 0 Å². The van der Waals surface area contributed by atoms with Crippen LogP contribution in [0.25, 0.3) is 11.1 Å². The molecule has 0 aliphatic heterocycles. The van der Waals surface area contributed by atoms with Crippen molar-refractivity contribution in [3.63, 3.8) is 0 Å². The Balaban J connectivity index is 1.94. The van der Waals surface area contributed by atoms with E-state index in [4.69, 9.17) is 4.74 Å². The first-order chi connectivity index (χ1) is 14.8. The van der Waals surface area contributed by atoms with Gasteiger partial charge in [0.05, 0.1) is 6.61 Å². The van der Waals surface area contributed by atoms with Gasteiger partial charge in [-0.25, -0.2) is 0 Å². The second-order valence-corrected chi connectivity index (χ2v) is 8.78. The molecule has 2 rings (SSSR count). The minimum atomic E-state index is 0.804. The molecule has 0 saturated carbocycles. The van der Waals surface area contributed by atoms with Crippen molar-refractivity contribution in [2.45, 2.75) is 97.8 Å². The van der Waals surface area contributed by atoms with Gasteiger partial charge in [-0.1, -0.05) is 96.8 Å². The Labute approximate surface area is 185 Å². The van der Waals surface area contributed by atoms with Crippen LogP contribution in [0, 0.1) is 5.92 Å². The summed E-state index contributed by atoms with van der Waals surface area (Å²) in [6, 6.07) is 10.7. The number of aromatic nitrogens is 1. The molecule has 0 aliphatic carbocycles. The molecule has 0 N–H and O–H groups in total. The monoisotopic (exact) mass is 409 g/mol. The fourth-order valence-corrected chi connectivity index (χ4v) is 4.11. The molecule has 0 saturated heterocycles. The molecule has 0 amide bonds. The maximum atomic E-state index is 6.22. The molecule has 0 radical (unpaired) electrons. The van der Waals surface area contributed by atoms with Gasteiger partial charge in [0.15, 0.2) is 0 Å². The van der Waals surface area contributed by atoms with Crippen LogP contribution in [-0.2, 0) is 6.42 Å². The summed E-state index contributed by atoms with van der Waals surface area (Å²) in [6.07, 6.45) is 19.3. The van der Waals surface area contributed by atoms with E-state index in [1.165, 1.54) is 80.9 Å². The van der Waals surface area contributed by atoms with Gasteiger partial charge in [0.1, 0.15) is 5.75 Å². The fraction of sp³-hybridized carbons (Fsp3) is 0.607. The molecule has 1 heterocycles. The van der Waals surface area contributed by atoms with E-state index in [0.29, 0.717) is 0 Å². The standard InChI is InChI=1S/C28H43NO/c1-4-6-8-9-10-13-22-30-28-19-12-11-18-27(28)26-20-21-29-23-25(26)17-14-16-24(3)15-7-5-2/h11-12,18-21,23-24H,4-10,13-17,22H2,1-3H3. The first-order valence-corrected chi connectivity index (χ1v) is 12.4.